The molecule has 3 N–H and O–H groups in total. The van der Waals surface area contributed by atoms with E-state index in [2.05, 4.69) is 5.32 Å². The summed E-state index contributed by atoms with van der Waals surface area (Å²) in [5.74, 6) is -2.30. The predicted molar refractivity (Wildman–Crippen MR) is 163 cm³/mol. The molecule has 0 aromatic heterocycles. The topological polar surface area (TPSA) is 105 Å². The molecule has 1 aliphatic rings. The predicted octanol–water partition coefficient (Wildman–Crippen LogP) is 5.12. The summed E-state index contributed by atoms with van der Waals surface area (Å²) in [7, 11) is 0. The van der Waals surface area contributed by atoms with E-state index in [0.29, 0.717) is 31.5 Å². The number of primary amides is 1. The Morgan fingerprint density at radius 3 is 2.20 bits per heavy atom. The number of nitrogens with two attached hydrogens (primary N) is 1. The zero-order valence-electron chi connectivity index (χ0n) is 24.1. The molecule has 3 aromatic carbocycles. The number of hydrogen-bond donors (Lipinski definition) is 2. The molecule has 0 radical (unpaired) electrons. The summed E-state index contributed by atoms with van der Waals surface area (Å²) in [5, 5.41) is 2.95. The van der Waals surface area contributed by atoms with E-state index < -0.39 is 23.9 Å². The molecule has 0 spiro atoms. The second-order valence-corrected chi connectivity index (χ2v) is 11.0. The maximum absolute atomic E-state index is 14.2. The number of benzene rings is 3. The molecule has 0 saturated carbocycles. The fraction of sp³-hybridized carbons (Fsp3) is 0.353. The first kappa shape index (κ1) is 29.7. The monoisotopic (exact) mass is 552 g/mol. The number of amides is 3. The van der Waals surface area contributed by atoms with Gasteiger partial charge in [-0.1, -0.05) is 106 Å². The largest absolute Gasteiger partial charge is 0.369 e. The molecule has 3 unspecified atom stereocenters. The molecular formula is C34H40N4O3. The Morgan fingerprint density at radius 1 is 0.927 bits per heavy atom. The molecule has 3 atom stereocenters. The SMILES string of the molecule is CCCC(C(N)=O)C(CC(C)C)C(=O)NC1N=C(c2ccccc2)c2ccccc2N(CCc2ccccc2)C1=O. The number of nitrogens with one attached hydrogen (secondary N) is 1. The minimum Gasteiger partial charge on any atom is -0.369 e. The third kappa shape index (κ3) is 7.28. The van der Waals surface area contributed by atoms with Crippen molar-refractivity contribution in [1.82, 2.24) is 5.32 Å². The summed E-state index contributed by atoms with van der Waals surface area (Å²) in [4.78, 5) is 47.1. The fourth-order valence-corrected chi connectivity index (χ4v) is 5.52. The standard InChI is InChI=1S/C34H40N4O3/c1-4-13-26(31(35)39)28(22-23(2)3)33(40)37-32-34(41)38(21-20-24-14-7-5-8-15-24)29-19-12-11-18-27(29)30(36-32)25-16-9-6-10-17-25/h5-12,14-19,23,26,28,32H,4,13,20-22H2,1-3H3,(H2,35,39)(H,37,40). The highest BCUT2D eigenvalue weighted by atomic mass is 16.2. The summed E-state index contributed by atoms with van der Waals surface area (Å²) in [5.41, 5.74) is 9.91. The molecule has 0 fully saturated rings. The lowest BCUT2D eigenvalue weighted by Gasteiger charge is -2.28. The van der Waals surface area contributed by atoms with E-state index in [1.807, 2.05) is 106 Å². The zero-order chi connectivity index (χ0) is 29.4. The third-order valence-corrected chi connectivity index (χ3v) is 7.51. The summed E-state index contributed by atoms with van der Waals surface area (Å²) in [6.45, 7) is 6.40. The second-order valence-electron chi connectivity index (χ2n) is 11.0. The first-order valence-corrected chi connectivity index (χ1v) is 14.5. The number of nitrogens with zero attached hydrogens (tertiary/aromatic N) is 2. The summed E-state index contributed by atoms with van der Waals surface area (Å²) in [6.07, 6.45) is 1.18. The number of carbonyl (C=O) groups excluding carboxylic acids is 3. The van der Waals surface area contributed by atoms with Crippen molar-refractivity contribution in [3.05, 3.63) is 102 Å². The number of rotatable bonds is 12. The Bertz CT molecular complexity index is 1370. The van der Waals surface area contributed by atoms with Crippen molar-refractivity contribution in [2.75, 3.05) is 11.4 Å². The van der Waals surface area contributed by atoms with E-state index in [0.717, 1.165) is 28.8 Å². The summed E-state index contributed by atoms with van der Waals surface area (Å²) >= 11 is 0. The van der Waals surface area contributed by atoms with Gasteiger partial charge >= 0.3 is 0 Å². The van der Waals surface area contributed by atoms with Crippen LogP contribution in [0.1, 0.15) is 56.7 Å². The number of hydrogen-bond acceptors (Lipinski definition) is 4. The first-order valence-electron chi connectivity index (χ1n) is 14.5. The maximum atomic E-state index is 14.2. The van der Waals surface area contributed by atoms with Crippen molar-refractivity contribution in [3.8, 4) is 0 Å². The molecular weight excluding hydrogens is 512 g/mol. The van der Waals surface area contributed by atoms with Gasteiger partial charge in [0.05, 0.1) is 11.4 Å². The summed E-state index contributed by atoms with van der Waals surface area (Å²) < 4.78 is 0. The number of fused-ring (bicyclic) bond motifs is 1. The Kier molecular flexibility index (Phi) is 10.1. The van der Waals surface area contributed by atoms with Crippen molar-refractivity contribution in [3.63, 3.8) is 0 Å². The van der Waals surface area contributed by atoms with Crippen LogP contribution < -0.4 is 16.0 Å². The molecule has 1 heterocycles. The number of para-hydroxylation sites is 1. The molecule has 7 heteroatoms. The van der Waals surface area contributed by atoms with Crippen LogP contribution in [-0.4, -0.2) is 36.1 Å². The molecule has 1 aliphatic heterocycles. The van der Waals surface area contributed by atoms with Crippen LogP contribution in [0.5, 0.6) is 0 Å². The van der Waals surface area contributed by atoms with Gasteiger partial charge in [0.15, 0.2) is 0 Å². The lowest BCUT2D eigenvalue weighted by molar-refractivity contribution is -0.136. The Labute approximate surface area is 242 Å². The quantitative estimate of drug-likeness (QED) is 0.326. The second kappa shape index (κ2) is 13.9. The van der Waals surface area contributed by atoms with E-state index >= 15 is 0 Å². The Morgan fingerprint density at radius 2 is 1.56 bits per heavy atom. The highest BCUT2D eigenvalue weighted by Gasteiger charge is 2.37. The fourth-order valence-electron chi connectivity index (χ4n) is 5.52. The van der Waals surface area contributed by atoms with Crippen molar-refractivity contribution < 1.29 is 14.4 Å². The highest BCUT2D eigenvalue weighted by Crippen LogP contribution is 2.30. The molecule has 4 rings (SSSR count). The van der Waals surface area contributed by atoms with Gasteiger partial charge in [-0.15, -0.1) is 0 Å². The molecule has 7 nitrogen and oxygen atoms in total. The molecule has 3 amide bonds. The highest BCUT2D eigenvalue weighted by molar-refractivity contribution is 6.20. The Balaban J connectivity index is 1.76. The van der Waals surface area contributed by atoms with Crippen LogP contribution >= 0.6 is 0 Å². The number of aliphatic imine (C=N–C) groups is 1. The molecule has 41 heavy (non-hydrogen) atoms. The lowest BCUT2D eigenvalue weighted by Crippen LogP contribution is -2.51. The van der Waals surface area contributed by atoms with Crippen molar-refractivity contribution >= 4 is 29.1 Å². The third-order valence-electron chi connectivity index (χ3n) is 7.51. The van der Waals surface area contributed by atoms with Gasteiger partial charge in [0, 0.05) is 29.5 Å². The minimum atomic E-state index is -1.16. The smallest absolute Gasteiger partial charge is 0.272 e. The average Bonchev–Trinajstić information content (AvgIpc) is 3.08. The van der Waals surface area contributed by atoms with Gasteiger partial charge in [-0.05, 0) is 36.8 Å². The van der Waals surface area contributed by atoms with Crippen molar-refractivity contribution in [1.29, 1.82) is 0 Å². The van der Waals surface area contributed by atoms with Crippen LogP contribution in [0, 0.1) is 17.8 Å². The van der Waals surface area contributed by atoms with Crippen LogP contribution in [-0.2, 0) is 20.8 Å². The van der Waals surface area contributed by atoms with Crippen LogP contribution in [0.3, 0.4) is 0 Å². The van der Waals surface area contributed by atoms with E-state index in [4.69, 9.17) is 10.7 Å². The average molecular weight is 553 g/mol. The molecule has 214 valence electrons. The van der Waals surface area contributed by atoms with Crippen molar-refractivity contribution in [2.45, 2.75) is 52.6 Å². The maximum Gasteiger partial charge on any atom is 0.272 e. The van der Waals surface area contributed by atoms with Crippen LogP contribution in [0.2, 0.25) is 0 Å². The Hall–Kier alpha value is -4.26. The molecule has 0 saturated heterocycles. The number of anilines is 1. The molecule has 0 bridgehead atoms. The van der Waals surface area contributed by atoms with Gasteiger partial charge in [-0.2, -0.15) is 0 Å². The number of benzodiazepines with no additional fused rings is 1. The lowest BCUT2D eigenvalue weighted by atomic mass is 9.81. The van der Waals surface area contributed by atoms with E-state index in [1.54, 1.807) is 4.90 Å². The van der Waals surface area contributed by atoms with Gasteiger partial charge in [0.25, 0.3) is 5.91 Å². The van der Waals surface area contributed by atoms with Crippen LogP contribution in [0.25, 0.3) is 0 Å². The van der Waals surface area contributed by atoms with Gasteiger partial charge in [0.2, 0.25) is 18.0 Å². The van der Waals surface area contributed by atoms with Crippen molar-refractivity contribution in [2.24, 2.45) is 28.5 Å². The van der Waals surface area contributed by atoms with Crippen LogP contribution in [0.15, 0.2) is 89.9 Å². The normalized spacial score (nSPS) is 16.4. The van der Waals surface area contributed by atoms with E-state index in [-0.39, 0.29) is 17.7 Å². The van der Waals surface area contributed by atoms with Gasteiger partial charge in [-0.25, -0.2) is 4.99 Å². The van der Waals surface area contributed by atoms with E-state index in [1.165, 1.54) is 0 Å². The van der Waals surface area contributed by atoms with Gasteiger partial charge in [-0.3, -0.25) is 14.4 Å². The first-order chi connectivity index (χ1) is 19.8. The van der Waals surface area contributed by atoms with Crippen LogP contribution in [0.4, 0.5) is 5.69 Å². The molecule has 3 aromatic rings. The molecule has 0 aliphatic carbocycles. The van der Waals surface area contributed by atoms with Gasteiger partial charge in [0.1, 0.15) is 0 Å². The number of carbonyl (C=O) groups is 3. The zero-order valence-corrected chi connectivity index (χ0v) is 24.1. The van der Waals surface area contributed by atoms with E-state index in [9.17, 15) is 14.4 Å². The minimum absolute atomic E-state index is 0.157. The summed E-state index contributed by atoms with van der Waals surface area (Å²) in [6, 6.07) is 27.4. The van der Waals surface area contributed by atoms with Gasteiger partial charge < -0.3 is 16.0 Å².